The van der Waals surface area contributed by atoms with E-state index in [-0.39, 0.29) is 38.3 Å². The summed E-state index contributed by atoms with van der Waals surface area (Å²) in [7, 11) is -0.713. The number of fused-ring (bicyclic) bond motifs is 1. The molecule has 0 aliphatic carbocycles. The van der Waals surface area contributed by atoms with Crippen LogP contribution in [0, 0.1) is 0 Å². The molecule has 9 heteroatoms. The van der Waals surface area contributed by atoms with Crippen LogP contribution in [0.3, 0.4) is 0 Å². The van der Waals surface area contributed by atoms with Crippen LogP contribution in [0.25, 0.3) is 21.9 Å². The molecule has 0 radical (unpaired) electrons. The molecule has 0 amide bonds. The number of halogens is 3. The van der Waals surface area contributed by atoms with E-state index in [1.54, 1.807) is 0 Å². The van der Waals surface area contributed by atoms with Crippen LogP contribution >= 0.6 is 0 Å². The number of methoxy groups -OCH3 is 1. The Labute approximate surface area is 165 Å². The molecule has 1 heterocycles. The third kappa shape index (κ3) is 3.74. The topological polar surface area (TPSA) is 65.4 Å². The smallest absolute Gasteiger partial charge is 0.416 e. The van der Waals surface area contributed by atoms with E-state index in [1.807, 2.05) is 0 Å². The van der Waals surface area contributed by atoms with Gasteiger partial charge in [0.25, 0.3) is 5.56 Å². The van der Waals surface area contributed by atoms with Crippen molar-refractivity contribution in [2.45, 2.75) is 18.0 Å². The minimum absolute atomic E-state index is 0.0183. The molecule has 3 rings (SSSR count). The summed E-state index contributed by atoms with van der Waals surface area (Å²) < 4.78 is 70.9. The quantitative estimate of drug-likeness (QED) is 0.633. The summed E-state index contributed by atoms with van der Waals surface area (Å²) in [5.74, 6) is 0.141. The number of pyridine rings is 1. The fourth-order valence-corrected chi connectivity index (χ4v) is 4.02. The van der Waals surface area contributed by atoms with Crippen molar-refractivity contribution in [3.05, 3.63) is 58.5 Å². The van der Waals surface area contributed by atoms with E-state index in [0.29, 0.717) is 0 Å². The lowest BCUT2D eigenvalue weighted by atomic mass is 9.98. The average molecular weight is 425 g/mol. The largest absolute Gasteiger partial charge is 0.496 e. The van der Waals surface area contributed by atoms with Gasteiger partial charge in [-0.25, -0.2) is 8.42 Å². The van der Waals surface area contributed by atoms with E-state index in [1.165, 1.54) is 50.0 Å². The van der Waals surface area contributed by atoms with E-state index >= 15 is 0 Å². The van der Waals surface area contributed by atoms with Gasteiger partial charge in [0.1, 0.15) is 5.75 Å². The summed E-state index contributed by atoms with van der Waals surface area (Å²) in [4.78, 5) is 12.5. The van der Waals surface area contributed by atoms with Crippen LogP contribution < -0.4 is 10.3 Å². The Morgan fingerprint density at radius 3 is 2.31 bits per heavy atom. The van der Waals surface area contributed by atoms with E-state index < -0.39 is 27.1 Å². The Hall–Kier alpha value is -2.81. The van der Waals surface area contributed by atoms with Crippen molar-refractivity contribution in [3.8, 4) is 16.9 Å². The zero-order chi connectivity index (χ0) is 21.6. The summed E-state index contributed by atoms with van der Waals surface area (Å²) in [6.07, 6.45) is -3.21. The van der Waals surface area contributed by atoms with Crippen molar-refractivity contribution in [1.29, 1.82) is 0 Å². The molecule has 3 aromatic rings. The molecule has 2 aromatic carbocycles. The van der Waals surface area contributed by atoms with Gasteiger partial charge in [0.15, 0.2) is 9.84 Å². The Morgan fingerprint density at radius 2 is 1.72 bits per heavy atom. The lowest BCUT2D eigenvalue weighted by Crippen LogP contribution is -2.17. The van der Waals surface area contributed by atoms with Gasteiger partial charge in [0, 0.05) is 29.8 Å². The van der Waals surface area contributed by atoms with Crippen LogP contribution in [0.2, 0.25) is 0 Å². The van der Waals surface area contributed by atoms with Crippen LogP contribution in [0.5, 0.6) is 5.75 Å². The highest BCUT2D eigenvalue weighted by Gasteiger charge is 2.31. The van der Waals surface area contributed by atoms with Crippen molar-refractivity contribution in [3.63, 3.8) is 0 Å². The van der Waals surface area contributed by atoms with Gasteiger partial charge >= 0.3 is 6.18 Å². The molecule has 0 N–H and O–H groups in total. The van der Waals surface area contributed by atoms with Crippen molar-refractivity contribution >= 4 is 20.6 Å². The molecule has 0 aliphatic heterocycles. The predicted octanol–water partition coefficient (Wildman–Crippen LogP) is 4.03. The number of aromatic nitrogens is 1. The Bertz CT molecular complexity index is 1260. The number of alkyl halides is 3. The van der Waals surface area contributed by atoms with Crippen molar-refractivity contribution in [2.24, 2.45) is 7.05 Å². The molecule has 0 spiro atoms. The van der Waals surface area contributed by atoms with Crippen molar-refractivity contribution < 1.29 is 26.3 Å². The number of sulfone groups is 1. The fourth-order valence-electron chi connectivity index (χ4n) is 3.11. The van der Waals surface area contributed by atoms with E-state index in [0.717, 1.165) is 18.2 Å². The minimum atomic E-state index is -4.59. The third-order valence-corrected chi connectivity index (χ3v) is 6.44. The molecule has 0 aliphatic rings. The maximum Gasteiger partial charge on any atom is 0.416 e. The van der Waals surface area contributed by atoms with Gasteiger partial charge < -0.3 is 9.30 Å². The fraction of sp³-hybridized carbons (Fsp3) is 0.250. The predicted molar refractivity (Wildman–Crippen MR) is 104 cm³/mol. The average Bonchev–Trinajstić information content (AvgIpc) is 2.69. The second-order valence-corrected chi connectivity index (χ2v) is 8.76. The third-order valence-electron chi connectivity index (χ3n) is 4.71. The molecule has 154 valence electrons. The van der Waals surface area contributed by atoms with E-state index in [2.05, 4.69) is 0 Å². The first-order chi connectivity index (χ1) is 13.5. The Kier molecular flexibility index (Phi) is 5.20. The van der Waals surface area contributed by atoms with Gasteiger partial charge in [-0.3, -0.25) is 4.79 Å². The van der Waals surface area contributed by atoms with Crippen LogP contribution in [-0.2, 0) is 23.1 Å². The lowest BCUT2D eigenvalue weighted by molar-refractivity contribution is -0.137. The van der Waals surface area contributed by atoms with E-state index in [4.69, 9.17) is 4.74 Å². The van der Waals surface area contributed by atoms with Gasteiger partial charge in [0.05, 0.1) is 23.3 Å². The first-order valence-corrected chi connectivity index (χ1v) is 10.3. The molecule has 0 unspecified atom stereocenters. The molecule has 0 bridgehead atoms. The SMILES string of the molecule is CCS(=O)(=O)c1ccc(OC)c(-c2cn(C)c(=O)c3ccc(C(F)(F)F)cc23)c1. The number of nitrogens with zero attached hydrogens (tertiary/aromatic N) is 1. The highest BCUT2D eigenvalue weighted by molar-refractivity contribution is 7.91. The molecular weight excluding hydrogens is 407 g/mol. The number of hydrogen-bond donors (Lipinski definition) is 0. The summed E-state index contributed by atoms with van der Waals surface area (Å²) in [6, 6.07) is 7.06. The zero-order valence-corrected chi connectivity index (χ0v) is 16.7. The number of ether oxygens (including phenoxy) is 1. The Balaban J connectivity index is 2.44. The number of rotatable bonds is 4. The van der Waals surface area contributed by atoms with E-state index in [9.17, 15) is 26.4 Å². The van der Waals surface area contributed by atoms with Crippen LogP contribution in [0.4, 0.5) is 13.2 Å². The van der Waals surface area contributed by atoms with Crippen LogP contribution in [0.1, 0.15) is 12.5 Å². The van der Waals surface area contributed by atoms with Gasteiger partial charge in [0.2, 0.25) is 0 Å². The summed E-state index contributed by atoms with van der Waals surface area (Å²) >= 11 is 0. The molecular formula is C20H18F3NO4S. The lowest BCUT2D eigenvalue weighted by Gasteiger charge is -2.16. The summed E-state index contributed by atoms with van der Waals surface area (Å²) in [5.41, 5.74) is -0.829. The highest BCUT2D eigenvalue weighted by atomic mass is 32.2. The number of aryl methyl sites for hydroxylation is 1. The number of benzene rings is 2. The van der Waals surface area contributed by atoms with Crippen LogP contribution in [0.15, 0.2) is 52.3 Å². The molecule has 5 nitrogen and oxygen atoms in total. The van der Waals surface area contributed by atoms with Gasteiger partial charge in [-0.05, 0) is 41.8 Å². The van der Waals surface area contributed by atoms with Crippen LogP contribution in [-0.4, -0.2) is 25.8 Å². The van der Waals surface area contributed by atoms with Gasteiger partial charge in [-0.2, -0.15) is 13.2 Å². The van der Waals surface area contributed by atoms with Gasteiger partial charge in [-0.15, -0.1) is 0 Å². The first-order valence-electron chi connectivity index (χ1n) is 8.61. The van der Waals surface area contributed by atoms with Gasteiger partial charge in [-0.1, -0.05) is 6.92 Å². The first kappa shape index (κ1) is 20.9. The van der Waals surface area contributed by atoms with Crippen molar-refractivity contribution in [1.82, 2.24) is 4.57 Å². The number of hydrogen-bond acceptors (Lipinski definition) is 4. The maximum absolute atomic E-state index is 13.3. The second-order valence-electron chi connectivity index (χ2n) is 6.48. The molecule has 1 aromatic heterocycles. The molecule has 0 atom stereocenters. The minimum Gasteiger partial charge on any atom is -0.496 e. The molecule has 0 saturated heterocycles. The molecule has 0 saturated carbocycles. The molecule has 0 fully saturated rings. The molecule has 29 heavy (non-hydrogen) atoms. The monoisotopic (exact) mass is 425 g/mol. The zero-order valence-electron chi connectivity index (χ0n) is 15.9. The highest BCUT2D eigenvalue weighted by Crippen LogP contribution is 2.38. The van der Waals surface area contributed by atoms with Crippen molar-refractivity contribution in [2.75, 3.05) is 12.9 Å². The normalized spacial score (nSPS) is 12.3. The maximum atomic E-state index is 13.3. The Morgan fingerprint density at radius 1 is 1.03 bits per heavy atom. The standard InChI is InChI=1S/C20H18F3NO4S/c1-4-29(26,27)13-6-8-18(28-3)16(10-13)17-11-24(2)19(25)14-7-5-12(9-15(14)17)20(21,22)23/h5-11H,4H2,1-3H3. The second kappa shape index (κ2) is 7.22. The summed E-state index contributed by atoms with van der Waals surface area (Å²) in [6.45, 7) is 1.50. The summed E-state index contributed by atoms with van der Waals surface area (Å²) in [5, 5.41) is 0.149.